The number of carboxylic acids is 1. The molecule has 0 fully saturated rings. The van der Waals surface area contributed by atoms with Crippen LogP contribution in [0, 0.1) is 5.95 Å². The summed E-state index contributed by atoms with van der Waals surface area (Å²) in [5.41, 5.74) is 1.49. The number of aliphatic carboxylic acids is 1. The van der Waals surface area contributed by atoms with Gasteiger partial charge in [-0.3, -0.25) is 4.79 Å². The Morgan fingerprint density at radius 2 is 2.17 bits per heavy atom. The average Bonchev–Trinajstić information content (AvgIpc) is 3.11. The molecule has 2 heterocycles. The number of rotatable bonds is 5. The number of nitrogens with one attached hydrogen (secondary N) is 2. The zero-order valence-corrected chi connectivity index (χ0v) is 12.8. The number of H-pyrrole nitrogens is 1. The molecule has 0 unspecified atom stereocenters. The molecule has 0 aliphatic carbocycles. The molecular formula is C16H15FN4O3. The number of aryl methyl sites for hydroxylation is 1. The van der Waals surface area contributed by atoms with E-state index in [1.54, 1.807) is 6.20 Å². The molecule has 0 aliphatic heterocycles. The normalized spacial score (nSPS) is 12.2. The van der Waals surface area contributed by atoms with Gasteiger partial charge in [0.25, 0.3) is 5.91 Å². The Balaban J connectivity index is 1.80. The van der Waals surface area contributed by atoms with Gasteiger partial charge in [0.2, 0.25) is 5.95 Å². The summed E-state index contributed by atoms with van der Waals surface area (Å²) in [5, 5.41) is 16.3. The fraction of sp³-hybridized carbons (Fsp3) is 0.188. The molecule has 24 heavy (non-hydrogen) atoms. The minimum Gasteiger partial charge on any atom is -0.480 e. The van der Waals surface area contributed by atoms with Crippen molar-refractivity contribution in [3.05, 3.63) is 53.7 Å². The van der Waals surface area contributed by atoms with Crippen LogP contribution in [0.2, 0.25) is 0 Å². The highest BCUT2D eigenvalue weighted by atomic mass is 19.1. The Bertz CT molecular complexity index is 896. The largest absolute Gasteiger partial charge is 0.480 e. The molecule has 3 aromatic rings. The second-order valence-electron chi connectivity index (χ2n) is 5.40. The number of hydrogen-bond donors (Lipinski definition) is 3. The molecule has 1 aromatic carbocycles. The highest BCUT2D eigenvalue weighted by Crippen LogP contribution is 2.19. The van der Waals surface area contributed by atoms with Gasteiger partial charge in [-0.15, -0.1) is 0 Å². The summed E-state index contributed by atoms with van der Waals surface area (Å²) in [5.74, 6) is -2.59. The summed E-state index contributed by atoms with van der Waals surface area (Å²) in [6, 6.07) is 7.28. The molecule has 0 radical (unpaired) electrons. The number of benzene rings is 1. The fourth-order valence-electron chi connectivity index (χ4n) is 2.51. The Labute approximate surface area is 136 Å². The van der Waals surface area contributed by atoms with Gasteiger partial charge in [0.15, 0.2) is 5.69 Å². The van der Waals surface area contributed by atoms with Crippen molar-refractivity contribution in [3.63, 3.8) is 0 Å². The van der Waals surface area contributed by atoms with Crippen LogP contribution in [0.15, 0.2) is 36.5 Å². The lowest BCUT2D eigenvalue weighted by molar-refractivity contribution is -0.139. The topological polar surface area (TPSA) is 100 Å². The van der Waals surface area contributed by atoms with Crippen LogP contribution in [0.5, 0.6) is 0 Å². The predicted molar refractivity (Wildman–Crippen MR) is 84.1 cm³/mol. The predicted octanol–water partition coefficient (Wildman–Crippen LogP) is 1.47. The fourth-order valence-corrected chi connectivity index (χ4v) is 2.51. The summed E-state index contributed by atoms with van der Waals surface area (Å²) >= 11 is 0. The third-order valence-corrected chi connectivity index (χ3v) is 3.76. The van der Waals surface area contributed by atoms with Crippen molar-refractivity contribution in [1.29, 1.82) is 0 Å². The van der Waals surface area contributed by atoms with Crippen LogP contribution in [0.3, 0.4) is 0 Å². The van der Waals surface area contributed by atoms with Crippen LogP contribution in [-0.4, -0.2) is 37.8 Å². The first kappa shape index (κ1) is 15.7. The molecule has 1 atom stereocenters. The Morgan fingerprint density at radius 1 is 1.42 bits per heavy atom. The smallest absolute Gasteiger partial charge is 0.326 e. The number of carbonyl (C=O) groups excluding carboxylic acids is 1. The first-order valence-electron chi connectivity index (χ1n) is 7.24. The van der Waals surface area contributed by atoms with Crippen molar-refractivity contribution in [2.75, 3.05) is 0 Å². The van der Waals surface area contributed by atoms with E-state index in [9.17, 15) is 19.1 Å². The van der Waals surface area contributed by atoms with Crippen molar-refractivity contribution in [3.8, 4) is 0 Å². The lowest BCUT2D eigenvalue weighted by atomic mass is 10.0. The van der Waals surface area contributed by atoms with E-state index in [2.05, 4.69) is 15.4 Å². The van der Waals surface area contributed by atoms with Crippen LogP contribution < -0.4 is 5.32 Å². The summed E-state index contributed by atoms with van der Waals surface area (Å²) in [7, 11) is 1.35. The zero-order valence-electron chi connectivity index (χ0n) is 12.8. The van der Waals surface area contributed by atoms with Crippen molar-refractivity contribution in [2.24, 2.45) is 7.05 Å². The lowest BCUT2D eigenvalue weighted by Gasteiger charge is -2.13. The number of hydrogen-bond acceptors (Lipinski definition) is 3. The van der Waals surface area contributed by atoms with Gasteiger partial charge in [-0.25, -0.2) is 9.48 Å². The molecule has 8 heteroatoms. The standard InChI is InChI=1S/C16H15FN4O3/c1-21-14(17)7-12(20-21)15(22)19-13(16(23)24)6-9-8-18-11-5-3-2-4-10(9)11/h2-5,7-8,13,18H,6H2,1H3,(H,19,22)(H,23,24)/t13-/m1/s1. The molecule has 0 aliphatic rings. The second kappa shape index (κ2) is 6.15. The molecule has 1 amide bonds. The van der Waals surface area contributed by atoms with E-state index >= 15 is 0 Å². The van der Waals surface area contributed by atoms with Crippen LogP contribution in [-0.2, 0) is 18.3 Å². The van der Waals surface area contributed by atoms with E-state index in [4.69, 9.17) is 0 Å². The van der Waals surface area contributed by atoms with Gasteiger partial charge >= 0.3 is 5.97 Å². The molecule has 2 aromatic heterocycles. The van der Waals surface area contributed by atoms with E-state index in [1.165, 1.54) is 7.05 Å². The maximum atomic E-state index is 13.3. The molecule has 124 valence electrons. The average molecular weight is 330 g/mol. The molecule has 7 nitrogen and oxygen atoms in total. The number of amides is 1. The molecule has 0 saturated heterocycles. The van der Waals surface area contributed by atoms with Crippen molar-refractivity contribution >= 4 is 22.8 Å². The number of nitrogens with zero attached hydrogens (tertiary/aromatic N) is 2. The number of carboxylic acid groups (broad SMARTS) is 1. The Kier molecular flexibility index (Phi) is 4.03. The number of carbonyl (C=O) groups is 2. The van der Waals surface area contributed by atoms with Crippen LogP contribution in [0.25, 0.3) is 10.9 Å². The van der Waals surface area contributed by atoms with Gasteiger partial charge in [-0.1, -0.05) is 18.2 Å². The first-order valence-corrected chi connectivity index (χ1v) is 7.24. The monoisotopic (exact) mass is 330 g/mol. The number of fused-ring (bicyclic) bond motifs is 1. The van der Waals surface area contributed by atoms with E-state index in [1.807, 2.05) is 24.3 Å². The summed E-state index contributed by atoms with van der Waals surface area (Å²) < 4.78 is 14.2. The number of para-hydroxylation sites is 1. The van der Waals surface area contributed by atoms with Gasteiger partial charge in [0.1, 0.15) is 6.04 Å². The van der Waals surface area contributed by atoms with Crippen molar-refractivity contribution < 1.29 is 19.1 Å². The maximum absolute atomic E-state index is 13.3. The van der Waals surface area contributed by atoms with E-state index < -0.39 is 23.9 Å². The summed E-state index contributed by atoms with van der Waals surface area (Å²) in [6.45, 7) is 0. The third kappa shape index (κ3) is 2.98. The van der Waals surface area contributed by atoms with Gasteiger partial charge < -0.3 is 15.4 Å². The quantitative estimate of drug-likeness (QED) is 0.659. The van der Waals surface area contributed by atoms with E-state index in [0.717, 1.165) is 27.2 Å². The summed E-state index contributed by atoms with van der Waals surface area (Å²) in [6.07, 6.45) is 1.81. The molecule has 0 bridgehead atoms. The molecular weight excluding hydrogens is 315 g/mol. The molecule has 0 spiro atoms. The SMILES string of the molecule is Cn1nc(C(=O)N[C@H](Cc2c[nH]c3ccccc23)C(=O)O)cc1F. The van der Waals surface area contributed by atoms with Gasteiger partial charge in [-0.2, -0.15) is 9.49 Å². The molecule has 0 saturated carbocycles. The van der Waals surface area contributed by atoms with Crippen LogP contribution in [0.1, 0.15) is 16.1 Å². The highest BCUT2D eigenvalue weighted by Gasteiger charge is 2.24. The second-order valence-corrected chi connectivity index (χ2v) is 5.40. The van der Waals surface area contributed by atoms with Gasteiger partial charge in [0.05, 0.1) is 0 Å². The van der Waals surface area contributed by atoms with Crippen molar-refractivity contribution in [1.82, 2.24) is 20.1 Å². The lowest BCUT2D eigenvalue weighted by Crippen LogP contribution is -2.42. The van der Waals surface area contributed by atoms with E-state index in [0.29, 0.717) is 0 Å². The maximum Gasteiger partial charge on any atom is 0.326 e. The molecule has 3 N–H and O–H groups in total. The highest BCUT2D eigenvalue weighted by molar-refractivity contribution is 5.95. The number of halogens is 1. The summed E-state index contributed by atoms with van der Waals surface area (Å²) in [4.78, 5) is 26.6. The first-order chi connectivity index (χ1) is 11.5. The van der Waals surface area contributed by atoms with Crippen LogP contribution in [0.4, 0.5) is 4.39 Å². The zero-order chi connectivity index (χ0) is 17.3. The van der Waals surface area contributed by atoms with Crippen molar-refractivity contribution in [2.45, 2.75) is 12.5 Å². The third-order valence-electron chi connectivity index (χ3n) is 3.76. The Hall–Kier alpha value is -3.16. The van der Waals surface area contributed by atoms with Crippen LogP contribution >= 0.6 is 0 Å². The molecule has 3 rings (SSSR count). The van der Waals surface area contributed by atoms with Gasteiger partial charge in [-0.05, 0) is 11.6 Å². The minimum atomic E-state index is -1.18. The van der Waals surface area contributed by atoms with E-state index in [-0.39, 0.29) is 12.1 Å². The number of aromatic amines is 1. The minimum absolute atomic E-state index is 0.0976. The van der Waals surface area contributed by atoms with Gasteiger partial charge in [0, 0.05) is 36.6 Å². The number of aromatic nitrogens is 3. The Morgan fingerprint density at radius 3 is 2.83 bits per heavy atom.